The summed E-state index contributed by atoms with van der Waals surface area (Å²) in [6.45, 7) is 0.262. The van der Waals surface area contributed by atoms with Gasteiger partial charge in [0.1, 0.15) is 5.82 Å². The van der Waals surface area contributed by atoms with Crippen molar-refractivity contribution < 1.29 is 23.5 Å². The molecule has 1 aliphatic rings. The number of nitrogens with one attached hydrogen (secondary N) is 2. The summed E-state index contributed by atoms with van der Waals surface area (Å²) < 4.78 is 23.1. The van der Waals surface area contributed by atoms with Crippen molar-refractivity contribution in [3.8, 4) is 11.5 Å². The molecule has 118 valence electrons. The maximum Gasteiger partial charge on any atom is 0.313 e. The molecule has 0 radical (unpaired) electrons. The van der Waals surface area contributed by atoms with Gasteiger partial charge in [-0.25, -0.2) is 4.39 Å². The lowest BCUT2D eigenvalue weighted by Crippen LogP contribution is -2.34. The molecule has 0 aromatic heterocycles. The third kappa shape index (κ3) is 3.57. The highest BCUT2D eigenvalue weighted by molar-refractivity contribution is 6.39. The van der Waals surface area contributed by atoms with Gasteiger partial charge in [0.15, 0.2) is 11.5 Å². The fourth-order valence-electron chi connectivity index (χ4n) is 2.03. The molecule has 0 spiro atoms. The standard InChI is InChI=1S/C16H13FN2O4/c17-11-3-1-10(2-4-11)8-18-15(20)16(21)19-12-5-6-13-14(7-12)23-9-22-13/h1-7H,8-9H2,(H,18,20)(H,19,21). The maximum atomic E-state index is 12.8. The Bertz CT molecular complexity index is 746. The molecule has 7 heteroatoms. The molecule has 0 unspecified atom stereocenters. The van der Waals surface area contributed by atoms with Gasteiger partial charge in [-0.15, -0.1) is 0 Å². The Hall–Kier alpha value is -3.09. The summed E-state index contributed by atoms with van der Waals surface area (Å²) in [5.74, 6) is -0.850. The summed E-state index contributed by atoms with van der Waals surface area (Å²) in [5.41, 5.74) is 1.12. The third-order valence-electron chi connectivity index (χ3n) is 3.20. The van der Waals surface area contributed by atoms with Crippen LogP contribution in [0.15, 0.2) is 42.5 Å². The van der Waals surface area contributed by atoms with Gasteiger partial charge >= 0.3 is 11.8 Å². The maximum absolute atomic E-state index is 12.8. The van der Waals surface area contributed by atoms with Gasteiger partial charge in [-0.1, -0.05) is 12.1 Å². The number of anilines is 1. The van der Waals surface area contributed by atoms with Gasteiger partial charge in [-0.2, -0.15) is 0 Å². The Labute approximate surface area is 131 Å². The molecular formula is C16H13FN2O4. The number of amides is 2. The van der Waals surface area contributed by atoms with Crippen molar-refractivity contribution in [1.29, 1.82) is 0 Å². The zero-order valence-electron chi connectivity index (χ0n) is 12.0. The number of carbonyl (C=O) groups is 2. The number of hydrogen-bond acceptors (Lipinski definition) is 4. The van der Waals surface area contributed by atoms with E-state index in [0.717, 1.165) is 0 Å². The number of benzene rings is 2. The topological polar surface area (TPSA) is 76.7 Å². The van der Waals surface area contributed by atoms with Crippen LogP contribution in [0.1, 0.15) is 5.56 Å². The molecule has 2 aromatic rings. The Morgan fingerprint density at radius 1 is 1.00 bits per heavy atom. The van der Waals surface area contributed by atoms with Gasteiger partial charge in [0.05, 0.1) is 0 Å². The van der Waals surface area contributed by atoms with Crippen LogP contribution in [0.2, 0.25) is 0 Å². The molecule has 2 aromatic carbocycles. The van der Waals surface area contributed by atoms with Gasteiger partial charge in [-0.3, -0.25) is 9.59 Å². The summed E-state index contributed by atoms with van der Waals surface area (Å²) in [7, 11) is 0. The van der Waals surface area contributed by atoms with E-state index in [1.54, 1.807) is 18.2 Å². The van der Waals surface area contributed by atoms with E-state index in [1.807, 2.05) is 0 Å². The molecule has 0 atom stereocenters. The predicted octanol–water partition coefficient (Wildman–Crippen LogP) is 1.81. The van der Waals surface area contributed by atoms with Gasteiger partial charge in [0, 0.05) is 18.3 Å². The van der Waals surface area contributed by atoms with E-state index in [9.17, 15) is 14.0 Å². The minimum Gasteiger partial charge on any atom is -0.454 e. The van der Waals surface area contributed by atoms with Crippen LogP contribution in [0.4, 0.5) is 10.1 Å². The highest BCUT2D eigenvalue weighted by Crippen LogP contribution is 2.34. The fourth-order valence-corrected chi connectivity index (χ4v) is 2.03. The lowest BCUT2D eigenvalue weighted by atomic mass is 10.2. The van der Waals surface area contributed by atoms with Crippen LogP contribution in [0, 0.1) is 5.82 Å². The lowest BCUT2D eigenvalue weighted by Gasteiger charge is -2.07. The van der Waals surface area contributed by atoms with E-state index < -0.39 is 11.8 Å². The summed E-state index contributed by atoms with van der Waals surface area (Å²) >= 11 is 0. The van der Waals surface area contributed by atoms with E-state index in [4.69, 9.17) is 9.47 Å². The molecule has 0 saturated carbocycles. The first-order chi connectivity index (χ1) is 11.1. The molecule has 0 fully saturated rings. The van der Waals surface area contributed by atoms with Crippen LogP contribution >= 0.6 is 0 Å². The molecule has 23 heavy (non-hydrogen) atoms. The summed E-state index contributed by atoms with van der Waals surface area (Å²) in [6.07, 6.45) is 0. The second kappa shape index (κ2) is 6.35. The largest absolute Gasteiger partial charge is 0.454 e. The van der Waals surface area contributed by atoms with Gasteiger partial charge < -0.3 is 20.1 Å². The van der Waals surface area contributed by atoms with Crippen molar-refractivity contribution in [2.45, 2.75) is 6.54 Å². The van der Waals surface area contributed by atoms with Crippen molar-refractivity contribution in [3.05, 3.63) is 53.8 Å². The molecule has 6 nitrogen and oxygen atoms in total. The summed E-state index contributed by atoms with van der Waals surface area (Å²) in [4.78, 5) is 23.6. The predicted molar refractivity (Wildman–Crippen MR) is 79.4 cm³/mol. The van der Waals surface area contributed by atoms with E-state index in [1.165, 1.54) is 24.3 Å². The first-order valence-electron chi connectivity index (χ1n) is 6.85. The number of fused-ring (bicyclic) bond motifs is 1. The van der Waals surface area contributed by atoms with Crippen molar-refractivity contribution in [2.24, 2.45) is 0 Å². The van der Waals surface area contributed by atoms with Crippen LogP contribution in [0.5, 0.6) is 11.5 Å². The van der Waals surface area contributed by atoms with Crippen LogP contribution in [0.25, 0.3) is 0 Å². The van der Waals surface area contributed by atoms with Crippen LogP contribution < -0.4 is 20.1 Å². The Morgan fingerprint density at radius 2 is 1.74 bits per heavy atom. The van der Waals surface area contributed by atoms with Crippen molar-refractivity contribution in [1.82, 2.24) is 5.32 Å². The van der Waals surface area contributed by atoms with Crippen LogP contribution in [-0.2, 0) is 16.1 Å². The molecule has 2 amide bonds. The Morgan fingerprint density at radius 3 is 2.52 bits per heavy atom. The van der Waals surface area contributed by atoms with E-state index in [0.29, 0.717) is 22.7 Å². The molecule has 1 heterocycles. The number of carbonyl (C=O) groups excluding carboxylic acids is 2. The molecule has 0 bridgehead atoms. The van der Waals surface area contributed by atoms with Gasteiger partial charge in [0.25, 0.3) is 0 Å². The third-order valence-corrected chi connectivity index (χ3v) is 3.20. The second-order valence-corrected chi connectivity index (χ2v) is 4.83. The SMILES string of the molecule is O=C(NCc1ccc(F)cc1)C(=O)Nc1ccc2c(c1)OCO2. The lowest BCUT2D eigenvalue weighted by molar-refractivity contribution is -0.136. The fraction of sp³-hybridized carbons (Fsp3) is 0.125. The smallest absolute Gasteiger partial charge is 0.313 e. The molecule has 3 rings (SSSR count). The first-order valence-corrected chi connectivity index (χ1v) is 6.85. The molecule has 2 N–H and O–H groups in total. The van der Waals surface area contributed by atoms with Crippen LogP contribution in [0.3, 0.4) is 0 Å². The average Bonchev–Trinajstić information content (AvgIpc) is 3.01. The van der Waals surface area contributed by atoms with E-state index in [-0.39, 0.29) is 19.2 Å². The number of halogens is 1. The molecule has 0 saturated heterocycles. The number of ether oxygens (including phenoxy) is 2. The zero-order chi connectivity index (χ0) is 16.2. The normalized spacial score (nSPS) is 11.9. The first kappa shape index (κ1) is 14.8. The molecular weight excluding hydrogens is 303 g/mol. The summed E-state index contributed by atoms with van der Waals surface area (Å²) in [5, 5.41) is 4.93. The molecule has 0 aliphatic carbocycles. The Kier molecular flexibility index (Phi) is 4.09. The summed E-state index contributed by atoms with van der Waals surface area (Å²) in [6, 6.07) is 10.5. The van der Waals surface area contributed by atoms with E-state index in [2.05, 4.69) is 10.6 Å². The Balaban J connectivity index is 1.55. The second-order valence-electron chi connectivity index (χ2n) is 4.83. The van der Waals surface area contributed by atoms with Gasteiger partial charge in [0.2, 0.25) is 6.79 Å². The van der Waals surface area contributed by atoms with Crippen molar-refractivity contribution in [2.75, 3.05) is 12.1 Å². The van der Waals surface area contributed by atoms with Crippen molar-refractivity contribution >= 4 is 17.5 Å². The highest BCUT2D eigenvalue weighted by Gasteiger charge is 2.17. The minimum absolute atomic E-state index is 0.130. The molecule has 1 aliphatic heterocycles. The average molecular weight is 316 g/mol. The highest BCUT2D eigenvalue weighted by atomic mass is 19.1. The monoisotopic (exact) mass is 316 g/mol. The zero-order valence-corrected chi connectivity index (χ0v) is 12.0. The van der Waals surface area contributed by atoms with E-state index >= 15 is 0 Å². The van der Waals surface area contributed by atoms with Gasteiger partial charge in [-0.05, 0) is 29.8 Å². The number of hydrogen-bond donors (Lipinski definition) is 2. The minimum atomic E-state index is -0.800. The van der Waals surface area contributed by atoms with Crippen LogP contribution in [-0.4, -0.2) is 18.6 Å². The quantitative estimate of drug-likeness (QED) is 0.847. The van der Waals surface area contributed by atoms with Crippen molar-refractivity contribution in [3.63, 3.8) is 0 Å². The number of rotatable bonds is 3.